The molecule has 2 saturated heterocycles. The summed E-state index contributed by atoms with van der Waals surface area (Å²) in [4.78, 5) is 40.8. The zero-order valence-electron chi connectivity index (χ0n) is 16.3. The fraction of sp³-hybridized carbons (Fsp3) is 0.550. The van der Waals surface area contributed by atoms with Crippen molar-refractivity contribution in [3.63, 3.8) is 0 Å². The zero-order chi connectivity index (χ0) is 20.1. The number of amides is 3. The Hall–Kier alpha value is -2.61. The molecule has 2 fully saturated rings. The Morgan fingerprint density at radius 2 is 1.79 bits per heavy atom. The maximum Gasteiger partial charge on any atom is 0.407 e. The van der Waals surface area contributed by atoms with Gasteiger partial charge in [0.25, 0.3) is 0 Å². The standard InChI is InChI=1S/C20H27N3O5/c1-15(21-19(26)27-2)17(24)23-13-20(14-23,12-16-6-4-3-5-7-16)18(25)22-8-10-28-11-9-22/h3-7,15H,8-14H2,1-2H3,(H,21,26). The van der Waals surface area contributed by atoms with Gasteiger partial charge in [-0.05, 0) is 18.9 Å². The fourth-order valence-corrected chi connectivity index (χ4v) is 3.82. The average Bonchev–Trinajstić information content (AvgIpc) is 2.70. The van der Waals surface area contributed by atoms with E-state index in [4.69, 9.17) is 4.74 Å². The number of nitrogens with one attached hydrogen (secondary N) is 1. The number of rotatable bonds is 5. The predicted molar refractivity (Wildman–Crippen MR) is 102 cm³/mol. The highest BCUT2D eigenvalue weighted by molar-refractivity contribution is 5.91. The summed E-state index contributed by atoms with van der Waals surface area (Å²) < 4.78 is 9.91. The largest absolute Gasteiger partial charge is 0.453 e. The topological polar surface area (TPSA) is 88.2 Å². The molecule has 0 radical (unpaired) electrons. The second kappa shape index (κ2) is 8.60. The van der Waals surface area contributed by atoms with E-state index in [1.54, 1.807) is 11.8 Å². The third kappa shape index (κ3) is 4.27. The number of hydrogen-bond acceptors (Lipinski definition) is 5. The second-order valence-corrected chi connectivity index (χ2v) is 7.40. The summed E-state index contributed by atoms with van der Waals surface area (Å²) in [6.07, 6.45) is -0.0755. The van der Waals surface area contributed by atoms with Crippen LogP contribution in [-0.2, 0) is 25.5 Å². The van der Waals surface area contributed by atoms with Crippen molar-refractivity contribution < 1.29 is 23.9 Å². The maximum atomic E-state index is 13.3. The Kier molecular flexibility index (Phi) is 6.18. The molecule has 3 amide bonds. The van der Waals surface area contributed by atoms with Gasteiger partial charge in [-0.1, -0.05) is 30.3 Å². The van der Waals surface area contributed by atoms with E-state index in [0.29, 0.717) is 45.8 Å². The van der Waals surface area contributed by atoms with Gasteiger partial charge in [-0.3, -0.25) is 9.59 Å². The first-order chi connectivity index (χ1) is 13.4. The van der Waals surface area contributed by atoms with Gasteiger partial charge in [0.05, 0.1) is 25.7 Å². The SMILES string of the molecule is COC(=O)NC(C)C(=O)N1CC(Cc2ccccc2)(C(=O)N2CCOCC2)C1. The molecular formula is C20H27N3O5. The van der Waals surface area contributed by atoms with Gasteiger partial charge in [-0.2, -0.15) is 0 Å². The number of benzene rings is 1. The highest BCUT2D eigenvalue weighted by Crippen LogP contribution is 2.37. The molecule has 1 aromatic rings. The summed E-state index contributed by atoms with van der Waals surface area (Å²) in [7, 11) is 1.25. The number of morpholine rings is 1. The molecule has 2 aliphatic rings. The molecule has 1 unspecified atom stereocenters. The third-order valence-electron chi connectivity index (χ3n) is 5.33. The first kappa shape index (κ1) is 20.1. The minimum atomic E-state index is -0.708. The van der Waals surface area contributed by atoms with Gasteiger partial charge in [0.15, 0.2) is 0 Å². The lowest BCUT2D eigenvalue weighted by molar-refractivity contribution is -0.164. The molecule has 0 spiro atoms. The van der Waals surface area contributed by atoms with Crippen LogP contribution in [0.4, 0.5) is 4.79 Å². The zero-order valence-corrected chi connectivity index (χ0v) is 16.3. The predicted octanol–water partition coefficient (Wildman–Crippen LogP) is 0.661. The molecule has 0 aliphatic carbocycles. The van der Waals surface area contributed by atoms with Crippen LogP contribution in [0.2, 0.25) is 0 Å². The quantitative estimate of drug-likeness (QED) is 0.799. The molecule has 2 aliphatic heterocycles. The van der Waals surface area contributed by atoms with Gasteiger partial charge in [-0.15, -0.1) is 0 Å². The Morgan fingerprint density at radius 1 is 1.14 bits per heavy atom. The van der Waals surface area contributed by atoms with Crippen molar-refractivity contribution in [1.82, 2.24) is 15.1 Å². The molecule has 152 valence electrons. The summed E-state index contributed by atoms with van der Waals surface area (Å²) in [6, 6.07) is 9.14. The number of carbonyl (C=O) groups excluding carboxylic acids is 3. The summed E-state index contributed by atoms with van der Waals surface area (Å²) >= 11 is 0. The molecule has 3 rings (SSSR count). The van der Waals surface area contributed by atoms with Crippen molar-refractivity contribution >= 4 is 17.9 Å². The Bertz CT molecular complexity index is 712. The molecule has 0 aromatic heterocycles. The van der Waals surface area contributed by atoms with Crippen molar-refractivity contribution in [2.45, 2.75) is 19.4 Å². The lowest BCUT2D eigenvalue weighted by Gasteiger charge is -2.51. The highest BCUT2D eigenvalue weighted by atomic mass is 16.5. The number of likely N-dealkylation sites (tertiary alicyclic amines) is 1. The molecule has 28 heavy (non-hydrogen) atoms. The Labute approximate surface area is 164 Å². The maximum absolute atomic E-state index is 13.3. The Balaban J connectivity index is 1.71. The molecule has 0 bridgehead atoms. The summed E-state index contributed by atoms with van der Waals surface area (Å²) in [5.74, 6) is -0.152. The molecular weight excluding hydrogens is 362 g/mol. The monoisotopic (exact) mass is 389 g/mol. The van der Waals surface area contributed by atoms with Crippen molar-refractivity contribution in [2.24, 2.45) is 5.41 Å². The minimum absolute atomic E-state index is 0.0669. The Morgan fingerprint density at radius 3 is 2.39 bits per heavy atom. The molecule has 0 saturated carbocycles. The van der Waals surface area contributed by atoms with Crippen LogP contribution in [0.25, 0.3) is 0 Å². The van der Waals surface area contributed by atoms with Crippen molar-refractivity contribution in [3.05, 3.63) is 35.9 Å². The van der Waals surface area contributed by atoms with Crippen LogP contribution < -0.4 is 5.32 Å². The van der Waals surface area contributed by atoms with Crippen molar-refractivity contribution in [1.29, 1.82) is 0 Å². The van der Waals surface area contributed by atoms with Gasteiger partial charge in [0.2, 0.25) is 11.8 Å². The smallest absolute Gasteiger partial charge is 0.407 e. The number of hydrogen-bond donors (Lipinski definition) is 1. The van der Waals surface area contributed by atoms with Crippen LogP contribution in [0, 0.1) is 5.41 Å². The van der Waals surface area contributed by atoms with E-state index in [9.17, 15) is 14.4 Å². The van der Waals surface area contributed by atoms with Gasteiger partial charge in [0, 0.05) is 26.2 Å². The van der Waals surface area contributed by atoms with Gasteiger partial charge in [0.1, 0.15) is 6.04 Å². The average molecular weight is 389 g/mol. The summed E-state index contributed by atoms with van der Waals surface area (Å²) in [6.45, 7) is 4.51. The van der Waals surface area contributed by atoms with Gasteiger partial charge < -0.3 is 24.6 Å². The van der Waals surface area contributed by atoms with Gasteiger partial charge >= 0.3 is 6.09 Å². The van der Waals surface area contributed by atoms with E-state index in [1.807, 2.05) is 35.2 Å². The van der Waals surface area contributed by atoms with Crippen LogP contribution in [-0.4, -0.2) is 80.3 Å². The molecule has 1 N–H and O–H groups in total. The number of alkyl carbamates (subject to hydrolysis) is 1. The fourth-order valence-electron chi connectivity index (χ4n) is 3.82. The van der Waals surface area contributed by atoms with E-state index in [0.717, 1.165) is 5.56 Å². The van der Waals surface area contributed by atoms with Crippen molar-refractivity contribution in [3.8, 4) is 0 Å². The second-order valence-electron chi connectivity index (χ2n) is 7.40. The normalized spacial score (nSPS) is 19.4. The van der Waals surface area contributed by atoms with Crippen LogP contribution in [0.15, 0.2) is 30.3 Å². The first-order valence-electron chi connectivity index (χ1n) is 9.49. The van der Waals surface area contributed by atoms with Crippen LogP contribution >= 0.6 is 0 Å². The highest BCUT2D eigenvalue weighted by Gasteiger charge is 2.53. The number of methoxy groups -OCH3 is 1. The van der Waals surface area contributed by atoms with E-state index in [2.05, 4.69) is 10.1 Å². The van der Waals surface area contributed by atoms with E-state index >= 15 is 0 Å². The van der Waals surface area contributed by atoms with Crippen molar-refractivity contribution in [2.75, 3.05) is 46.5 Å². The van der Waals surface area contributed by atoms with E-state index in [-0.39, 0.29) is 11.8 Å². The number of nitrogens with zero attached hydrogens (tertiary/aromatic N) is 2. The van der Waals surface area contributed by atoms with E-state index < -0.39 is 17.6 Å². The van der Waals surface area contributed by atoms with Crippen LogP contribution in [0.5, 0.6) is 0 Å². The molecule has 2 heterocycles. The number of ether oxygens (including phenoxy) is 2. The van der Waals surface area contributed by atoms with Gasteiger partial charge in [-0.25, -0.2) is 4.79 Å². The summed E-state index contributed by atoms with van der Waals surface area (Å²) in [5, 5.41) is 2.48. The molecule has 1 aromatic carbocycles. The molecule has 8 heteroatoms. The lowest BCUT2D eigenvalue weighted by Crippen LogP contribution is -2.68. The number of carbonyl (C=O) groups is 3. The summed E-state index contributed by atoms with van der Waals surface area (Å²) in [5.41, 5.74) is 0.427. The van der Waals surface area contributed by atoms with Crippen LogP contribution in [0.1, 0.15) is 12.5 Å². The molecule has 1 atom stereocenters. The lowest BCUT2D eigenvalue weighted by atomic mass is 9.73. The first-order valence-corrected chi connectivity index (χ1v) is 9.49. The minimum Gasteiger partial charge on any atom is -0.453 e. The molecule has 8 nitrogen and oxygen atoms in total. The van der Waals surface area contributed by atoms with E-state index in [1.165, 1.54) is 7.11 Å². The van der Waals surface area contributed by atoms with Crippen LogP contribution in [0.3, 0.4) is 0 Å². The third-order valence-corrected chi connectivity index (χ3v) is 5.33.